The van der Waals surface area contributed by atoms with Crippen molar-refractivity contribution in [3.05, 3.63) is 90.5 Å². The molecule has 0 unspecified atom stereocenters. The monoisotopic (exact) mass is 456 g/mol. The van der Waals surface area contributed by atoms with E-state index < -0.39 is 0 Å². The molecule has 168 valence electrons. The Bertz CT molecular complexity index is 1230. The predicted molar refractivity (Wildman–Crippen MR) is 140 cm³/mol. The number of amides is 1. The summed E-state index contributed by atoms with van der Waals surface area (Å²) in [5, 5.41) is 7.30. The van der Waals surface area contributed by atoms with Gasteiger partial charge in [0.2, 0.25) is 0 Å². The second kappa shape index (κ2) is 10.9. The quantitative estimate of drug-likeness (QED) is 0.305. The molecular formula is C27H28N4OS. The highest BCUT2D eigenvalue weighted by atomic mass is 32.2. The van der Waals surface area contributed by atoms with Crippen LogP contribution in [-0.2, 0) is 0 Å². The van der Waals surface area contributed by atoms with Crippen LogP contribution in [0.4, 0.5) is 17.2 Å². The summed E-state index contributed by atoms with van der Waals surface area (Å²) in [5.41, 5.74) is 3.50. The Hall–Kier alpha value is -3.51. The molecule has 33 heavy (non-hydrogen) atoms. The van der Waals surface area contributed by atoms with Gasteiger partial charge in [0, 0.05) is 41.3 Å². The van der Waals surface area contributed by atoms with Crippen molar-refractivity contribution in [3.8, 4) is 0 Å². The van der Waals surface area contributed by atoms with E-state index in [2.05, 4.69) is 46.7 Å². The summed E-state index contributed by atoms with van der Waals surface area (Å²) in [6, 6.07) is 28.0. The van der Waals surface area contributed by atoms with Crippen LogP contribution >= 0.6 is 11.8 Å². The lowest BCUT2D eigenvalue weighted by molar-refractivity contribution is 0.0956. The van der Waals surface area contributed by atoms with Crippen molar-refractivity contribution in [2.75, 3.05) is 36.1 Å². The third-order valence-electron chi connectivity index (χ3n) is 5.47. The second-order valence-electron chi connectivity index (χ2n) is 7.60. The number of carbonyl (C=O) groups is 1. The highest BCUT2D eigenvalue weighted by molar-refractivity contribution is 7.98. The third kappa shape index (κ3) is 5.65. The Morgan fingerprint density at radius 1 is 0.970 bits per heavy atom. The van der Waals surface area contributed by atoms with Crippen molar-refractivity contribution in [3.63, 3.8) is 0 Å². The second-order valence-corrected chi connectivity index (χ2v) is 8.48. The van der Waals surface area contributed by atoms with E-state index in [0.29, 0.717) is 17.9 Å². The van der Waals surface area contributed by atoms with Crippen molar-refractivity contribution < 1.29 is 4.79 Å². The Kier molecular flexibility index (Phi) is 7.47. The van der Waals surface area contributed by atoms with Crippen LogP contribution in [0.1, 0.15) is 17.3 Å². The van der Waals surface area contributed by atoms with E-state index in [0.717, 1.165) is 40.3 Å². The number of anilines is 3. The number of nitrogens with zero attached hydrogens (tertiary/aromatic N) is 2. The molecule has 0 atom stereocenters. The maximum Gasteiger partial charge on any atom is 0.252 e. The number of para-hydroxylation sites is 2. The van der Waals surface area contributed by atoms with Crippen LogP contribution in [0.25, 0.3) is 10.9 Å². The van der Waals surface area contributed by atoms with Gasteiger partial charge in [0.25, 0.3) is 5.91 Å². The molecule has 0 saturated heterocycles. The van der Waals surface area contributed by atoms with Gasteiger partial charge in [0.15, 0.2) is 0 Å². The lowest BCUT2D eigenvalue weighted by Gasteiger charge is -2.23. The SMILES string of the molecule is CCN(CCNC(=O)c1cc(Nc2cccc(SC)c2)nc2ccccc12)c1ccccc1. The van der Waals surface area contributed by atoms with Crippen molar-refractivity contribution in [1.82, 2.24) is 10.3 Å². The first-order chi connectivity index (χ1) is 16.2. The van der Waals surface area contributed by atoms with E-state index in [1.54, 1.807) is 11.8 Å². The average molecular weight is 457 g/mol. The van der Waals surface area contributed by atoms with E-state index in [1.165, 1.54) is 0 Å². The summed E-state index contributed by atoms with van der Waals surface area (Å²) in [6.07, 6.45) is 2.05. The predicted octanol–water partition coefficient (Wildman–Crippen LogP) is 5.96. The van der Waals surface area contributed by atoms with Gasteiger partial charge in [-0.15, -0.1) is 11.8 Å². The van der Waals surface area contributed by atoms with Crippen molar-refractivity contribution in [2.45, 2.75) is 11.8 Å². The molecule has 0 radical (unpaired) electrons. The number of hydrogen-bond donors (Lipinski definition) is 2. The van der Waals surface area contributed by atoms with E-state index in [1.807, 2.05) is 66.9 Å². The molecule has 5 nitrogen and oxygen atoms in total. The van der Waals surface area contributed by atoms with Crippen LogP contribution in [0, 0.1) is 0 Å². The number of pyridine rings is 1. The fourth-order valence-electron chi connectivity index (χ4n) is 3.78. The van der Waals surface area contributed by atoms with Crippen LogP contribution in [0.2, 0.25) is 0 Å². The van der Waals surface area contributed by atoms with Gasteiger partial charge in [-0.25, -0.2) is 4.98 Å². The maximum absolute atomic E-state index is 13.2. The minimum Gasteiger partial charge on any atom is -0.370 e. The molecule has 1 amide bonds. The molecule has 0 spiro atoms. The number of fused-ring (bicyclic) bond motifs is 1. The van der Waals surface area contributed by atoms with E-state index in [-0.39, 0.29) is 5.91 Å². The fraction of sp³-hybridized carbons (Fsp3) is 0.185. The van der Waals surface area contributed by atoms with Gasteiger partial charge >= 0.3 is 0 Å². The number of hydrogen-bond acceptors (Lipinski definition) is 5. The standard InChI is InChI=1S/C27H28N4OS/c1-3-31(21-11-5-4-6-12-21)17-16-28-27(32)24-19-26(30-25-15-8-7-14-23(24)25)29-20-10-9-13-22(18-20)33-2/h4-15,18-19H,3,16-17H2,1-2H3,(H,28,32)(H,29,30). The number of carbonyl (C=O) groups excluding carboxylic acids is 1. The zero-order chi connectivity index (χ0) is 23.0. The summed E-state index contributed by atoms with van der Waals surface area (Å²) in [6.45, 7) is 4.29. The fourth-order valence-corrected chi connectivity index (χ4v) is 4.24. The molecule has 0 aliphatic rings. The lowest BCUT2D eigenvalue weighted by Crippen LogP contribution is -2.35. The highest BCUT2D eigenvalue weighted by Crippen LogP contribution is 2.25. The summed E-state index contributed by atoms with van der Waals surface area (Å²) in [4.78, 5) is 21.3. The number of thioether (sulfide) groups is 1. The molecule has 1 heterocycles. The maximum atomic E-state index is 13.2. The molecule has 6 heteroatoms. The molecule has 0 bridgehead atoms. The van der Waals surface area contributed by atoms with Gasteiger partial charge in [-0.3, -0.25) is 4.79 Å². The first-order valence-corrected chi connectivity index (χ1v) is 12.3. The zero-order valence-electron chi connectivity index (χ0n) is 18.9. The number of benzene rings is 3. The lowest BCUT2D eigenvalue weighted by atomic mass is 10.1. The largest absolute Gasteiger partial charge is 0.370 e. The highest BCUT2D eigenvalue weighted by Gasteiger charge is 2.14. The van der Waals surface area contributed by atoms with Crippen molar-refractivity contribution in [1.29, 1.82) is 0 Å². The van der Waals surface area contributed by atoms with E-state index in [4.69, 9.17) is 4.98 Å². The molecule has 0 aliphatic heterocycles. The number of rotatable bonds is 9. The van der Waals surface area contributed by atoms with Crippen LogP contribution in [0.15, 0.2) is 89.8 Å². The molecule has 0 saturated carbocycles. The normalized spacial score (nSPS) is 10.7. The van der Waals surface area contributed by atoms with E-state index >= 15 is 0 Å². The Morgan fingerprint density at radius 2 is 1.76 bits per heavy atom. The Balaban J connectivity index is 1.52. The van der Waals surface area contributed by atoms with Gasteiger partial charge in [0.05, 0.1) is 11.1 Å². The summed E-state index contributed by atoms with van der Waals surface area (Å²) >= 11 is 1.69. The molecule has 0 fully saturated rings. The van der Waals surface area contributed by atoms with Crippen LogP contribution in [-0.4, -0.2) is 36.8 Å². The number of nitrogens with one attached hydrogen (secondary N) is 2. The number of likely N-dealkylation sites (N-methyl/N-ethyl adjacent to an activating group) is 1. The molecule has 0 aliphatic carbocycles. The molecule has 3 aromatic carbocycles. The molecule has 4 rings (SSSR count). The minimum atomic E-state index is -0.0985. The van der Waals surface area contributed by atoms with Gasteiger partial charge in [0.1, 0.15) is 5.82 Å². The average Bonchev–Trinajstić information content (AvgIpc) is 2.86. The number of aromatic nitrogens is 1. The zero-order valence-corrected chi connectivity index (χ0v) is 19.7. The Labute approximate surface area is 199 Å². The van der Waals surface area contributed by atoms with Crippen LogP contribution in [0.3, 0.4) is 0 Å². The van der Waals surface area contributed by atoms with Crippen molar-refractivity contribution >= 4 is 45.8 Å². The first kappa shape index (κ1) is 22.7. The topological polar surface area (TPSA) is 57.3 Å². The summed E-state index contributed by atoms with van der Waals surface area (Å²) in [5.74, 6) is 0.551. The van der Waals surface area contributed by atoms with Gasteiger partial charge in [-0.05, 0) is 55.6 Å². The molecular weight excluding hydrogens is 428 g/mol. The van der Waals surface area contributed by atoms with E-state index in [9.17, 15) is 4.79 Å². The Morgan fingerprint density at radius 3 is 2.55 bits per heavy atom. The minimum absolute atomic E-state index is 0.0985. The summed E-state index contributed by atoms with van der Waals surface area (Å²) < 4.78 is 0. The molecule has 2 N–H and O–H groups in total. The smallest absolute Gasteiger partial charge is 0.252 e. The third-order valence-corrected chi connectivity index (χ3v) is 6.20. The van der Waals surface area contributed by atoms with Crippen molar-refractivity contribution in [2.24, 2.45) is 0 Å². The molecule has 4 aromatic rings. The summed E-state index contributed by atoms with van der Waals surface area (Å²) in [7, 11) is 0. The first-order valence-electron chi connectivity index (χ1n) is 11.1. The van der Waals surface area contributed by atoms with Crippen LogP contribution in [0.5, 0.6) is 0 Å². The van der Waals surface area contributed by atoms with Gasteiger partial charge < -0.3 is 15.5 Å². The van der Waals surface area contributed by atoms with Crippen LogP contribution < -0.4 is 15.5 Å². The molecule has 1 aromatic heterocycles. The van der Waals surface area contributed by atoms with Gasteiger partial charge in [-0.2, -0.15) is 0 Å². The van der Waals surface area contributed by atoms with Gasteiger partial charge in [-0.1, -0.05) is 42.5 Å².